The topological polar surface area (TPSA) is 37.4 Å². The minimum Gasteiger partial charge on any atom is -0.207 e. The normalized spacial score (nSPS) is 12.9. The first kappa shape index (κ1) is 21.4. The molecule has 0 aliphatic heterocycles. The summed E-state index contributed by atoms with van der Waals surface area (Å²) in [6.07, 6.45) is 7.10. The molecule has 0 aliphatic rings. The quantitative estimate of drug-likeness (QED) is 0.497. The van der Waals surface area contributed by atoms with Gasteiger partial charge in [-0.2, -0.15) is 0 Å². The van der Waals surface area contributed by atoms with Crippen molar-refractivity contribution in [2.75, 3.05) is 13.6 Å². The van der Waals surface area contributed by atoms with Gasteiger partial charge in [-0.1, -0.05) is 54.1 Å². The Balaban J connectivity index is 1.77. The highest BCUT2D eigenvalue weighted by Crippen LogP contribution is 2.19. The van der Waals surface area contributed by atoms with Crippen molar-refractivity contribution < 1.29 is 8.42 Å². The Kier molecular flexibility index (Phi) is 8.26. The van der Waals surface area contributed by atoms with Crippen LogP contribution in [-0.4, -0.2) is 26.3 Å². The first-order valence-electron chi connectivity index (χ1n) is 9.63. The second kappa shape index (κ2) is 10.4. The number of allylic oxidation sites excluding steroid dienone is 1. The van der Waals surface area contributed by atoms with Gasteiger partial charge in [0.15, 0.2) is 0 Å². The predicted octanol–water partition coefficient (Wildman–Crippen LogP) is 5.22. The Labute approximate surface area is 164 Å². The first-order valence-corrected chi connectivity index (χ1v) is 11.1. The van der Waals surface area contributed by atoms with Crippen LogP contribution in [0.4, 0.5) is 0 Å². The molecular formula is C23H31NO2S. The third-order valence-corrected chi connectivity index (χ3v) is 6.86. The molecule has 4 heteroatoms. The zero-order chi connectivity index (χ0) is 19.7. The Morgan fingerprint density at radius 1 is 1.00 bits per heavy atom. The van der Waals surface area contributed by atoms with E-state index in [9.17, 15) is 8.42 Å². The van der Waals surface area contributed by atoms with Gasteiger partial charge in [0.2, 0.25) is 10.0 Å². The summed E-state index contributed by atoms with van der Waals surface area (Å²) in [5, 5.41) is 0. The number of benzene rings is 2. The van der Waals surface area contributed by atoms with E-state index in [2.05, 4.69) is 30.8 Å². The van der Waals surface area contributed by atoms with E-state index in [0.717, 1.165) is 37.7 Å². The van der Waals surface area contributed by atoms with Gasteiger partial charge in [0.25, 0.3) is 0 Å². The number of hydrogen-bond acceptors (Lipinski definition) is 2. The van der Waals surface area contributed by atoms with Crippen molar-refractivity contribution in [2.45, 2.75) is 43.9 Å². The van der Waals surface area contributed by atoms with Crippen LogP contribution >= 0.6 is 0 Å². The van der Waals surface area contributed by atoms with Crippen molar-refractivity contribution in [2.24, 2.45) is 5.92 Å². The van der Waals surface area contributed by atoms with Gasteiger partial charge in [0.05, 0.1) is 4.90 Å². The van der Waals surface area contributed by atoms with Gasteiger partial charge in [0, 0.05) is 13.6 Å². The van der Waals surface area contributed by atoms with Crippen molar-refractivity contribution in [3.63, 3.8) is 0 Å². The Hall–Kier alpha value is -1.91. The number of hydrogen-bond donors (Lipinski definition) is 0. The van der Waals surface area contributed by atoms with Crippen LogP contribution in [0.2, 0.25) is 0 Å². The van der Waals surface area contributed by atoms with Crippen LogP contribution in [0.3, 0.4) is 0 Å². The first-order chi connectivity index (χ1) is 12.9. The van der Waals surface area contributed by atoms with Gasteiger partial charge >= 0.3 is 0 Å². The average molecular weight is 386 g/mol. The van der Waals surface area contributed by atoms with Crippen LogP contribution in [0.1, 0.15) is 36.8 Å². The van der Waals surface area contributed by atoms with Gasteiger partial charge in [-0.25, -0.2) is 12.7 Å². The lowest BCUT2D eigenvalue weighted by Crippen LogP contribution is -2.28. The van der Waals surface area contributed by atoms with E-state index in [1.807, 2.05) is 31.2 Å². The molecule has 0 fully saturated rings. The summed E-state index contributed by atoms with van der Waals surface area (Å²) < 4.78 is 26.7. The zero-order valence-electron chi connectivity index (χ0n) is 16.5. The maximum atomic E-state index is 12.6. The second-order valence-corrected chi connectivity index (χ2v) is 9.20. The summed E-state index contributed by atoms with van der Waals surface area (Å²) in [6, 6.07) is 17.5. The molecule has 2 aromatic rings. The van der Waals surface area contributed by atoms with Crippen LogP contribution in [0, 0.1) is 12.8 Å². The van der Waals surface area contributed by atoms with Crippen LogP contribution in [-0.2, 0) is 16.4 Å². The van der Waals surface area contributed by atoms with Crippen molar-refractivity contribution in [3.05, 3.63) is 78.4 Å². The van der Waals surface area contributed by atoms with Gasteiger partial charge in [-0.15, -0.1) is 6.58 Å². The Bertz CT molecular complexity index is 798. The molecule has 1 unspecified atom stereocenters. The summed E-state index contributed by atoms with van der Waals surface area (Å²) in [7, 11) is -1.75. The molecule has 0 saturated heterocycles. The monoisotopic (exact) mass is 385 g/mol. The molecule has 0 spiro atoms. The highest BCUT2D eigenvalue weighted by Gasteiger charge is 2.20. The molecule has 2 aromatic carbocycles. The largest absolute Gasteiger partial charge is 0.242 e. The molecule has 0 amide bonds. The van der Waals surface area contributed by atoms with Gasteiger partial charge in [0.1, 0.15) is 0 Å². The minimum atomic E-state index is -3.41. The predicted molar refractivity (Wildman–Crippen MR) is 113 cm³/mol. The minimum absolute atomic E-state index is 0.360. The summed E-state index contributed by atoms with van der Waals surface area (Å²) in [5.41, 5.74) is 2.42. The number of sulfonamides is 1. The molecule has 0 N–H and O–H groups in total. The fourth-order valence-electron chi connectivity index (χ4n) is 3.18. The molecule has 3 nitrogen and oxygen atoms in total. The fraction of sp³-hybridized carbons (Fsp3) is 0.391. The Morgan fingerprint density at radius 2 is 1.63 bits per heavy atom. The zero-order valence-corrected chi connectivity index (χ0v) is 17.3. The SMILES string of the molecule is C=CC(CCCc1ccccc1)CCCN(C)S(=O)(=O)c1ccc(C)cc1. The summed E-state index contributed by atoms with van der Waals surface area (Å²) in [6.45, 7) is 6.44. The molecule has 1 atom stereocenters. The van der Waals surface area contributed by atoms with Gasteiger partial charge in [-0.3, -0.25) is 0 Å². The molecule has 0 aliphatic carbocycles. The van der Waals surface area contributed by atoms with E-state index < -0.39 is 10.0 Å². The lowest BCUT2D eigenvalue weighted by Gasteiger charge is -2.19. The Morgan fingerprint density at radius 3 is 2.26 bits per heavy atom. The average Bonchev–Trinajstić information content (AvgIpc) is 2.67. The van der Waals surface area contributed by atoms with E-state index >= 15 is 0 Å². The lowest BCUT2D eigenvalue weighted by molar-refractivity contribution is 0.426. The van der Waals surface area contributed by atoms with E-state index in [1.54, 1.807) is 19.2 Å². The van der Waals surface area contributed by atoms with Crippen molar-refractivity contribution in [1.29, 1.82) is 0 Å². The van der Waals surface area contributed by atoms with Crippen LogP contribution < -0.4 is 0 Å². The van der Waals surface area contributed by atoms with Gasteiger partial charge < -0.3 is 0 Å². The molecule has 146 valence electrons. The number of aryl methyl sites for hydroxylation is 2. The molecule has 27 heavy (non-hydrogen) atoms. The third kappa shape index (κ3) is 6.64. The molecular weight excluding hydrogens is 354 g/mol. The lowest BCUT2D eigenvalue weighted by atomic mass is 9.95. The highest BCUT2D eigenvalue weighted by molar-refractivity contribution is 7.89. The number of rotatable bonds is 11. The van der Waals surface area contributed by atoms with E-state index in [-0.39, 0.29) is 0 Å². The van der Waals surface area contributed by atoms with E-state index in [1.165, 1.54) is 9.87 Å². The van der Waals surface area contributed by atoms with E-state index in [0.29, 0.717) is 17.4 Å². The molecule has 0 heterocycles. The third-order valence-electron chi connectivity index (χ3n) is 4.99. The number of nitrogens with zero attached hydrogens (tertiary/aromatic N) is 1. The fourth-order valence-corrected chi connectivity index (χ4v) is 4.39. The van der Waals surface area contributed by atoms with Crippen molar-refractivity contribution in [3.8, 4) is 0 Å². The van der Waals surface area contributed by atoms with Gasteiger partial charge in [-0.05, 0) is 62.6 Å². The van der Waals surface area contributed by atoms with Crippen molar-refractivity contribution >= 4 is 10.0 Å². The molecule has 0 bridgehead atoms. The summed E-state index contributed by atoms with van der Waals surface area (Å²) >= 11 is 0. The smallest absolute Gasteiger partial charge is 0.207 e. The maximum absolute atomic E-state index is 12.6. The standard InChI is InChI=1S/C23H31NO2S/c1-4-21(12-8-13-22-10-6-5-7-11-22)14-9-19-24(3)27(25,26)23-17-15-20(2)16-18-23/h4-7,10-11,15-18,21H,1,8-9,12-14,19H2,2-3H3. The van der Waals surface area contributed by atoms with E-state index in [4.69, 9.17) is 0 Å². The molecule has 2 rings (SSSR count). The van der Waals surface area contributed by atoms with Crippen LogP contribution in [0.15, 0.2) is 72.1 Å². The summed E-state index contributed by atoms with van der Waals surface area (Å²) in [5.74, 6) is 0.434. The second-order valence-electron chi connectivity index (χ2n) is 7.16. The highest BCUT2D eigenvalue weighted by atomic mass is 32.2. The van der Waals surface area contributed by atoms with Crippen LogP contribution in [0.25, 0.3) is 0 Å². The van der Waals surface area contributed by atoms with Crippen LogP contribution in [0.5, 0.6) is 0 Å². The molecule has 0 aromatic heterocycles. The van der Waals surface area contributed by atoms with Crippen molar-refractivity contribution in [1.82, 2.24) is 4.31 Å². The molecule has 0 radical (unpaired) electrons. The molecule has 0 saturated carbocycles. The maximum Gasteiger partial charge on any atom is 0.242 e. The summed E-state index contributed by atoms with van der Waals surface area (Å²) in [4.78, 5) is 0.360.